The standard InChI is InChI=1S/C27H35ClN4O5S.C26H33ClN4O3.CH3ClO2S/c1-17(2)37-25-11-10-21(15-23(25)28)27(34)29-22(12-13-33)14-19-6-8-20(9-7-19)24-16-32(4)26(30-24)18(3)31-38(5,35)36;1-16(2)34-24-10-9-20(14-22(24)27)26(33)29-21(11-12-32)13-18-5-7-19(8-6-18)23-15-31(4)25(30-23)17(3)28;1-5(2,3)4/h6-11,15-18,22,31,33H,12-14H2,1-5H3,(H,29,34);5-10,14-17,21,32H,11-13,28H2,1-4H3,(H,29,33);1H3/t18?,22-;17?,21-;/m11./s1. The van der Waals surface area contributed by atoms with E-state index in [2.05, 4.69) is 36.0 Å². The van der Waals surface area contributed by atoms with Gasteiger partial charge in [-0.15, -0.1) is 0 Å². The van der Waals surface area contributed by atoms with E-state index < -0.39 is 25.1 Å². The van der Waals surface area contributed by atoms with Gasteiger partial charge in [0.15, 0.2) is 0 Å². The summed E-state index contributed by atoms with van der Waals surface area (Å²) in [6, 6.07) is 24.6. The molecule has 18 nitrogen and oxygen atoms in total. The summed E-state index contributed by atoms with van der Waals surface area (Å²) in [7, 11) is 1.70. The van der Waals surface area contributed by atoms with Gasteiger partial charge in [0, 0.05) is 84.7 Å². The maximum atomic E-state index is 12.9. The van der Waals surface area contributed by atoms with Crippen LogP contribution in [-0.4, -0.2) is 108 Å². The summed E-state index contributed by atoms with van der Waals surface area (Å²) in [4.78, 5) is 34.9. The number of aliphatic hydroxyl groups is 2. The zero-order valence-corrected chi connectivity index (χ0v) is 48.8. The number of hydrogen-bond donors (Lipinski definition) is 6. The van der Waals surface area contributed by atoms with E-state index >= 15 is 0 Å². The first kappa shape index (κ1) is 64.0. The number of halogens is 3. The van der Waals surface area contributed by atoms with Crippen molar-refractivity contribution in [3.05, 3.63) is 141 Å². The van der Waals surface area contributed by atoms with E-state index in [4.69, 9.17) is 38.4 Å². The van der Waals surface area contributed by atoms with E-state index in [0.29, 0.717) is 64.2 Å². The molecule has 77 heavy (non-hydrogen) atoms. The highest BCUT2D eigenvalue weighted by Gasteiger charge is 2.21. The van der Waals surface area contributed by atoms with Crippen molar-refractivity contribution in [3.8, 4) is 34.0 Å². The Labute approximate surface area is 467 Å². The van der Waals surface area contributed by atoms with Crippen molar-refractivity contribution in [1.29, 1.82) is 0 Å². The van der Waals surface area contributed by atoms with Crippen molar-refractivity contribution in [1.82, 2.24) is 34.5 Å². The molecule has 0 aliphatic carbocycles. The first-order chi connectivity index (χ1) is 36.0. The molecule has 2 aromatic heterocycles. The van der Waals surface area contributed by atoms with Crippen LogP contribution < -0.4 is 30.6 Å². The minimum Gasteiger partial charge on any atom is -0.489 e. The van der Waals surface area contributed by atoms with E-state index in [-0.39, 0.29) is 55.4 Å². The molecule has 6 aromatic rings. The molecule has 0 radical (unpaired) electrons. The zero-order chi connectivity index (χ0) is 57.4. The molecule has 2 unspecified atom stereocenters. The molecule has 0 fully saturated rings. The van der Waals surface area contributed by atoms with Gasteiger partial charge in [-0.3, -0.25) is 9.59 Å². The fourth-order valence-electron chi connectivity index (χ4n) is 7.91. The highest BCUT2D eigenvalue weighted by atomic mass is 35.7. The third-order valence-electron chi connectivity index (χ3n) is 11.2. The van der Waals surface area contributed by atoms with Gasteiger partial charge >= 0.3 is 0 Å². The predicted molar refractivity (Wildman–Crippen MR) is 305 cm³/mol. The van der Waals surface area contributed by atoms with Gasteiger partial charge in [0.2, 0.25) is 19.1 Å². The molecule has 6 rings (SSSR count). The molecule has 7 N–H and O–H groups in total. The molecule has 0 spiro atoms. The van der Waals surface area contributed by atoms with E-state index in [0.717, 1.165) is 52.0 Å². The van der Waals surface area contributed by atoms with Crippen molar-refractivity contribution >= 4 is 64.8 Å². The van der Waals surface area contributed by atoms with Crippen LogP contribution in [0, 0.1) is 0 Å². The molecule has 4 aromatic carbocycles. The van der Waals surface area contributed by atoms with Crippen molar-refractivity contribution in [2.24, 2.45) is 19.8 Å². The summed E-state index contributed by atoms with van der Waals surface area (Å²) < 4.78 is 59.5. The van der Waals surface area contributed by atoms with Crippen LogP contribution in [0.5, 0.6) is 11.5 Å². The largest absolute Gasteiger partial charge is 0.489 e. The van der Waals surface area contributed by atoms with Crippen molar-refractivity contribution < 1.29 is 46.1 Å². The minimum absolute atomic E-state index is 0.0126. The Bertz CT molecular complexity index is 3110. The number of hydrogen-bond acceptors (Lipinski definition) is 13. The second kappa shape index (κ2) is 29.4. The number of aliphatic hydroxyl groups excluding tert-OH is 2. The lowest BCUT2D eigenvalue weighted by atomic mass is 10.0. The van der Waals surface area contributed by atoms with Gasteiger partial charge in [0.25, 0.3) is 11.8 Å². The fourth-order valence-corrected chi connectivity index (χ4v) is 9.11. The Morgan fingerprint density at radius 2 is 1.00 bits per heavy atom. The topological polar surface area (TPSA) is 259 Å². The summed E-state index contributed by atoms with van der Waals surface area (Å²) in [5.74, 6) is 1.96. The van der Waals surface area contributed by atoms with E-state index in [1.165, 1.54) is 0 Å². The lowest BCUT2D eigenvalue weighted by molar-refractivity contribution is 0.0921. The highest BCUT2D eigenvalue weighted by Crippen LogP contribution is 2.29. The van der Waals surface area contributed by atoms with Crippen LogP contribution in [0.4, 0.5) is 0 Å². The summed E-state index contributed by atoms with van der Waals surface area (Å²) in [6.07, 6.45) is 7.75. The molecular formula is C54H71Cl3N8O10S2. The lowest BCUT2D eigenvalue weighted by Crippen LogP contribution is -2.37. The van der Waals surface area contributed by atoms with Gasteiger partial charge in [-0.25, -0.2) is 31.5 Å². The number of ether oxygens (including phenoxy) is 2. The highest BCUT2D eigenvalue weighted by molar-refractivity contribution is 8.13. The molecule has 0 bridgehead atoms. The van der Waals surface area contributed by atoms with Gasteiger partial charge in [-0.2, -0.15) is 0 Å². The van der Waals surface area contributed by atoms with Crippen LogP contribution in [-0.2, 0) is 46.0 Å². The second-order valence-corrected chi connectivity index (χ2v) is 24.7. The van der Waals surface area contributed by atoms with Crippen LogP contribution in [0.15, 0.2) is 97.3 Å². The quantitative estimate of drug-likeness (QED) is 0.0350. The third kappa shape index (κ3) is 21.7. The number of nitrogens with zero attached hydrogens (tertiary/aromatic N) is 4. The Morgan fingerprint density at radius 1 is 0.636 bits per heavy atom. The fraction of sp³-hybridized carbons (Fsp3) is 0.407. The smallest absolute Gasteiger partial charge is 0.251 e. The first-order valence-corrected chi connectivity index (χ1v) is 30.0. The van der Waals surface area contributed by atoms with Gasteiger partial charge in [-0.05, 0) is 115 Å². The summed E-state index contributed by atoms with van der Waals surface area (Å²) in [5, 5.41) is 25.8. The average molecular weight is 1160 g/mol. The lowest BCUT2D eigenvalue weighted by Gasteiger charge is -2.19. The van der Waals surface area contributed by atoms with Gasteiger partial charge in [0.1, 0.15) is 23.1 Å². The number of benzene rings is 4. The average Bonchev–Trinajstić information content (AvgIpc) is 3.92. The molecule has 0 aliphatic heterocycles. The summed E-state index contributed by atoms with van der Waals surface area (Å²) in [6.45, 7) is 11.2. The van der Waals surface area contributed by atoms with Crippen molar-refractivity contribution in [2.75, 3.05) is 25.7 Å². The summed E-state index contributed by atoms with van der Waals surface area (Å²) in [5.41, 5.74) is 12.3. The number of amides is 2. The van der Waals surface area contributed by atoms with Crippen LogP contribution in [0.3, 0.4) is 0 Å². The number of aromatic nitrogens is 4. The maximum absolute atomic E-state index is 12.9. The van der Waals surface area contributed by atoms with Crippen LogP contribution in [0.1, 0.15) is 110 Å². The number of sulfonamides is 1. The zero-order valence-electron chi connectivity index (χ0n) is 44.9. The Morgan fingerprint density at radius 3 is 1.31 bits per heavy atom. The van der Waals surface area contributed by atoms with Gasteiger partial charge in [0.05, 0.1) is 58.2 Å². The molecule has 420 valence electrons. The Kier molecular flexibility index (Phi) is 24.5. The Hall–Kier alpha value is -5.55. The number of imidazole rings is 2. The van der Waals surface area contributed by atoms with E-state index in [1.54, 1.807) is 47.9 Å². The second-order valence-electron chi connectivity index (χ2n) is 19.1. The number of carbonyl (C=O) groups is 2. The summed E-state index contributed by atoms with van der Waals surface area (Å²) >= 11 is 12.6. The molecular weight excluding hydrogens is 1090 g/mol. The monoisotopic (exact) mass is 1160 g/mol. The number of carbonyl (C=O) groups excluding carboxylic acids is 2. The molecule has 2 amide bonds. The minimum atomic E-state index is -3.36. The van der Waals surface area contributed by atoms with Crippen LogP contribution >= 0.6 is 33.9 Å². The molecule has 0 aliphatic rings. The normalized spacial score (nSPS) is 13.1. The van der Waals surface area contributed by atoms with Crippen molar-refractivity contribution in [2.45, 2.75) is 104 Å². The molecule has 23 heteroatoms. The number of nitrogens with one attached hydrogen (secondary N) is 3. The predicted octanol–water partition coefficient (Wildman–Crippen LogP) is 8.32. The Balaban J connectivity index is 0.000000307. The number of aryl methyl sites for hydroxylation is 2. The van der Waals surface area contributed by atoms with Crippen molar-refractivity contribution in [3.63, 3.8) is 0 Å². The van der Waals surface area contributed by atoms with Crippen LogP contribution in [0.2, 0.25) is 10.0 Å². The molecule has 2 heterocycles. The van der Waals surface area contributed by atoms with E-state index in [1.807, 2.05) is 114 Å². The SMILES string of the molecule is CC(C)Oc1ccc(C(=O)N[C@H](CCO)Cc2ccc(-c3cn(C)c(C(C)N)n3)cc2)cc1Cl.CC(C)Oc1ccc(C(=O)N[C@H](CCO)Cc2ccc(-c3cn(C)c(C(C)NS(C)(=O)=O)n3)cc2)cc1Cl.CS(=O)(=O)Cl. The number of nitrogens with two attached hydrogens (primary N) is 1. The maximum Gasteiger partial charge on any atom is 0.251 e. The number of rotatable bonds is 22. The van der Waals surface area contributed by atoms with Crippen LogP contribution in [0.25, 0.3) is 22.5 Å². The van der Waals surface area contributed by atoms with Gasteiger partial charge in [-0.1, -0.05) is 71.7 Å². The molecule has 0 saturated carbocycles. The van der Waals surface area contributed by atoms with E-state index in [9.17, 15) is 36.6 Å². The molecule has 0 saturated heterocycles. The van der Waals surface area contributed by atoms with Gasteiger partial charge < -0.3 is 45.2 Å². The molecule has 4 atom stereocenters. The third-order valence-corrected chi connectivity index (χ3v) is 12.6. The first-order valence-electron chi connectivity index (χ1n) is 24.7.